The molecule has 2 aromatic heterocycles. The van der Waals surface area contributed by atoms with Gasteiger partial charge in [0.15, 0.2) is 11.8 Å². The number of esters is 1. The molecular formula is C16H18ClN3O3. The standard InChI is InChI=1S/C16H18ClN3O3/c1-4-20-10(2)8-12(11(20)3)16(22)23-9-14(21)19-13-6-5-7-18-15(13)17/h5-8H,4,9H2,1-3H3,(H,19,21). The summed E-state index contributed by atoms with van der Waals surface area (Å²) in [6.45, 7) is 6.15. The number of rotatable bonds is 5. The lowest BCUT2D eigenvalue weighted by atomic mass is 10.2. The lowest BCUT2D eigenvalue weighted by Gasteiger charge is -2.08. The molecule has 0 unspecified atom stereocenters. The fraction of sp³-hybridized carbons (Fsp3) is 0.312. The first-order valence-corrected chi connectivity index (χ1v) is 7.56. The van der Waals surface area contributed by atoms with Gasteiger partial charge < -0.3 is 14.6 Å². The Bertz CT molecular complexity index is 740. The van der Waals surface area contributed by atoms with Gasteiger partial charge in [0.1, 0.15) is 0 Å². The Kier molecular flexibility index (Phi) is 5.39. The minimum atomic E-state index is -0.523. The van der Waals surface area contributed by atoms with Crippen LogP contribution in [0.3, 0.4) is 0 Å². The second-order valence-electron chi connectivity index (χ2n) is 5.00. The van der Waals surface area contributed by atoms with Gasteiger partial charge >= 0.3 is 5.97 Å². The zero-order valence-corrected chi connectivity index (χ0v) is 14.0. The molecule has 0 bridgehead atoms. The van der Waals surface area contributed by atoms with Gasteiger partial charge in [0, 0.05) is 24.1 Å². The second-order valence-corrected chi connectivity index (χ2v) is 5.35. The fourth-order valence-corrected chi connectivity index (χ4v) is 2.54. The van der Waals surface area contributed by atoms with Crippen molar-refractivity contribution >= 4 is 29.2 Å². The van der Waals surface area contributed by atoms with E-state index in [0.717, 1.165) is 17.9 Å². The first kappa shape index (κ1) is 17.0. The van der Waals surface area contributed by atoms with Gasteiger partial charge in [0.05, 0.1) is 11.3 Å². The summed E-state index contributed by atoms with van der Waals surface area (Å²) in [4.78, 5) is 27.8. The summed E-state index contributed by atoms with van der Waals surface area (Å²) in [5, 5.41) is 2.72. The third-order valence-corrected chi connectivity index (χ3v) is 3.78. The molecule has 7 heteroatoms. The number of hydrogen-bond acceptors (Lipinski definition) is 4. The van der Waals surface area contributed by atoms with Gasteiger partial charge in [-0.25, -0.2) is 9.78 Å². The van der Waals surface area contributed by atoms with E-state index < -0.39 is 11.9 Å². The number of aromatic nitrogens is 2. The van der Waals surface area contributed by atoms with E-state index >= 15 is 0 Å². The van der Waals surface area contributed by atoms with E-state index in [1.807, 2.05) is 25.3 Å². The van der Waals surface area contributed by atoms with Crippen LogP contribution in [0.1, 0.15) is 28.7 Å². The molecule has 0 atom stereocenters. The van der Waals surface area contributed by atoms with E-state index in [1.54, 1.807) is 18.2 Å². The number of amides is 1. The summed E-state index contributed by atoms with van der Waals surface area (Å²) in [5.74, 6) is -0.997. The summed E-state index contributed by atoms with van der Waals surface area (Å²) >= 11 is 5.85. The average molecular weight is 336 g/mol. The van der Waals surface area contributed by atoms with Crippen molar-refractivity contribution in [3.63, 3.8) is 0 Å². The maximum atomic E-state index is 12.1. The Balaban J connectivity index is 1.97. The van der Waals surface area contributed by atoms with Crippen LogP contribution >= 0.6 is 11.6 Å². The van der Waals surface area contributed by atoms with E-state index in [9.17, 15) is 9.59 Å². The van der Waals surface area contributed by atoms with Crippen LogP contribution in [-0.2, 0) is 16.1 Å². The van der Waals surface area contributed by atoms with Crippen LogP contribution in [0.15, 0.2) is 24.4 Å². The zero-order chi connectivity index (χ0) is 17.0. The molecule has 23 heavy (non-hydrogen) atoms. The zero-order valence-electron chi connectivity index (χ0n) is 13.2. The highest BCUT2D eigenvalue weighted by molar-refractivity contribution is 6.32. The molecule has 0 saturated heterocycles. The molecule has 2 rings (SSSR count). The van der Waals surface area contributed by atoms with Crippen LogP contribution in [-0.4, -0.2) is 28.0 Å². The number of aryl methyl sites for hydroxylation is 1. The van der Waals surface area contributed by atoms with E-state index in [0.29, 0.717) is 11.3 Å². The second kappa shape index (κ2) is 7.28. The topological polar surface area (TPSA) is 73.2 Å². The first-order valence-electron chi connectivity index (χ1n) is 7.18. The summed E-state index contributed by atoms with van der Waals surface area (Å²) < 4.78 is 7.07. The van der Waals surface area contributed by atoms with Crippen molar-refractivity contribution < 1.29 is 14.3 Å². The fourth-order valence-electron chi connectivity index (χ4n) is 2.37. The van der Waals surface area contributed by atoms with Gasteiger partial charge in [-0.15, -0.1) is 0 Å². The maximum Gasteiger partial charge on any atom is 0.340 e. The quantitative estimate of drug-likeness (QED) is 0.673. The number of carbonyl (C=O) groups excluding carboxylic acids is 2. The summed E-state index contributed by atoms with van der Waals surface area (Å²) in [5.41, 5.74) is 2.64. The number of hydrogen-bond donors (Lipinski definition) is 1. The van der Waals surface area contributed by atoms with Gasteiger partial charge in [-0.05, 0) is 39.0 Å². The molecule has 2 aromatic rings. The number of anilines is 1. The highest BCUT2D eigenvalue weighted by Crippen LogP contribution is 2.18. The predicted molar refractivity (Wildman–Crippen MR) is 87.7 cm³/mol. The number of nitrogens with one attached hydrogen (secondary N) is 1. The van der Waals surface area contributed by atoms with Crippen molar-refractivity contribution in [2.75, 3.05) is 11.9 Å². The van der Waals surface area contributed by atoms with Crippen molar-refractivity contribution in [1.29, 1.82) is 0 Å². The third-order valence-electron chi connectivity index (χ3n) is 3.48. The normalized spacial score (nSPS) is 10.4. The molecule has 6 nitrogen and oxygen atoms in total. The predicted octanol–water partition coefficient (Wildman–Crippen LogP) is 2.97. The Hall–Kier alpha value is -2.34. The summed E-state index contributed by atoms with van der Waals surface area (Å²) in [6.07, 6.45) is 1.52. The molecule has 1 N–H and O–H groups in total. The van der Waals surface area contributed by atoms with E-state index in [4.69, 9.17) is 16.3 Å². The van der Waals surface area contributed by atoms with Gasteiger partial charge in [0.2, 0.25) is 0 Å². The van der Waals surface area contributed by atoms with Crippen molar-refractivity contribution in [3.05, 3.63) is 46.5 Å². The smallest absolute Gasteiger partial charge is 0.340 e. The molecule has 0 saturated carbocycles. The first-order chi connectivity index (χ1) is 10.9. The van der Waals surface area contributed by atoms with E-state index in [1.165, 1.54) is 6.20 Å². The highest BCUT2D eigenvalue weighted by atomic mass is 35.5. The van der Waals surface area contributed by atoms with Gasteiger partial charge in [-0.3, -0.25) is 4.79 Å². The number of carbonyl (C=O) groups is 2. The van der Waals surface area contributed by atoms with Crippen molar-refractivity contribution in [2.24, 2.45) is 0 Å². The third kappa shape index (κ3) is 3.90. The molecule has 0 aliphatic rings. The van der Waals surface area contributed by atoms with Gasteiger partial charge in [-0.1, -0.05) is 11.6 Å². The number of nitrogens with zero attached hydrogens (tertiary/aromatic N) is 2. The Morgan fingerprint density at radius 2 is 2.13 bits per heavy atom. The monoisotopic (exact) mass is 335 g/mol. The van der Waals surface area contributed by atoms with E-state index in [-0.39, 0.29) is 11.8 Å². The Morgan fingerprint density at radius 3 is 2.74 bits per heavy atom. The Morgan fingerprint density at radius 1 is 1.39 bits per heavy atom. The molecule has 0 spiro atoms. The van der Waals surface area contributed by atoms with Crippen molar-refractivity contribution in [2.45, 2.75) is 27.3 Å². The molecule has 0 aliphatic carbocycles. The molecule has 122 valence electrons. The van der Waals surface area contributed by atoms with Crippen LogP contribution in [0.5, 0.6) is 0 Å². The summed E-state index contributed by atoms with van der Waals surface area (Å²) in [7, 11) is 0. The molecule has 1 amide bonds. The lowest BCUT2D eigenvalue weighted by Crippen LogP contribution is -2.21. The minimum Gasteiger partial charge on any atom is -0.452 e. The highest BCUT2D eigenvalue weighted by Gasteiger charge is 2.17. The average Bonchev–Trinajstić information content (AvgIpc) is 2.81. The van der Waals surface area contributed by atoms with E-state index in [2.05, 4.69) is 10.3 Å². The van der Waals surface area contributed by atoms with Crippen LogP contribution in [0, 0.1) is 13.8 Å². The van der Waals surface area contributed by atoms with Crippen molar-refractivity contribution in [1.82, 2.24) is 9.55 Å². The van der Waals surface area contributed by atoms with Crippen molar-refractivity contribution in [3.8, 4) is 0 Å². The molecule has 0 fully saturated rings. The SMILES string of the molecule is CCn1c(C)cc(C(=O)OCC(=O)Nc2cccnc2Cl)c1C. The van der Waals surface area contributed by atoms with Crippen LogP contribution in [0.2, 0.25) is 5.15 Å². The van der Waals surface area contributed by atoms with Crippen LogP contribution in [0.4, 0.5) is 5.69 Å². The lowest BCUT2D eigenvalue weighted by molar-refractivity contribution is -0.119. The van der Waals surface area contributed by atoms with Crippen LogP contribution < -0.4 is 5.32 Å². The molecule has 2 heterocycles. The summed E-state index contributed by atoms with van der Waals surface area (Å²) in [6, 6.07) is 5.02. The maximum absolute atomic E-state index is 12.1. The number of pyridine rings is 1. The molecule has 0 aliphatic heterocycles. The van der Waals surface area contributed by atoms with Crippen LogP contribution in [0.25, 0.3) is 0 Å². The number of ether oxygens (including phenoxy) is 1. The van der Waals surface area contributed by atoms with Gasteiger partial charge in [0.25, 0.3) is 5.91 Å². The molecule has 0 radical (unpaired) electrons. The molecule has 0 aromatic carbocycles. The largest absolute Gasteiger partial charge is 0.452 e. The minimum absolute atomic E-state index is 0.179. The van der Waals surface area contributed by atoms with Gasteiger partial charge in [-0.2, -0.15) is 0 Å². The number of halogens is 1. The molecular weight excluding hydrogens is 318 g/mol. The Labute approximate surface area is 139 Å².